The molecule has 1 rings (SSSR count). The van der Waals surface area contributed by atoms with Crippen molar-refractivity contribution in [2.45, 2.75) is 20.0 Å². The molecule has 0 aliphatic heterocycles. The number of ether oxygens (including phenoxy) is 2. The van der Waals surface area contributed by atoms with Crippen LogP contribution in [0.25, 0.3) is 0 Å². The molecule has 0 saturated carbocycles. The molecule has 0 saturated heterocycles. The molecular formula is C14H18N2O4. The van der Waals surface area contributed by atoms with Gasteiger partial charge < -0.3 is 20.9 Å². The highest BCUT2D eigenvalue weighted by molar-refractivity contribution is 5.92. The zero-order valence-corrected chi connectivity index (χ0v) is 11.5. The Hall–Kier alpha value is -2.50. The normalized spacial score (nSPS) is 11.5. The van der Waals surface area contributed by atoms with E-state index >= 15 is 0 Å². The molecule has 0 aromatic heterocycles. The van der Waals surface area contributed by atoms with E-state index in [0.717, 1.165) is 0 Å². The molecule has 0 aliphatic rings. The summed E-state index contributed by atoms with van der Waals surface area (Å²) in [5.41, 5.74) is 12.5. The number of carbonyl (C=O) groups is 2. The van der Waals surface area contributed by atoms with Crippen LogP contribution in [0.3, 0.4) is 0 Å². The third kappa shape index (κ3) is 4.64. The Morgan fingerprint density at radius 1 is 1.25 bits per heavy atom. The number of anilines is 2. The summed E-state index contributed by atoms with van der Waals surface area (Å²) in [4.78, 5) is 23.0. The van der Waals surface area contributed by atoms with Gasteiger partial charge in [-0.15, -0.1) is 0 Å². The largest absolute Gasteiger partial charge is 0.458 e. The van der Waals surface area contributed by atoms with Gasteiger partial charge in [0.2, 0.25) is 0 Å². The maximum atomic E-state index is 11.8. The molecule has 4 N–H and O–H groups in total. The summed E-state index contributed by atoms with van der Waals surface area (Å²) in [6.07, 6.45) is -0.589. The topological polar surface area (TPSA) is 105 Å². The van der Waals surface area contributed by atoms with E-state index in [0.29, 0.717) is 11.4 Å². The lowest BCUT2D eigenvalue weighted by Crippen LogP contribution is -2.22. The molecule has 1 aromatic rings. The Labute approximate surface area is 117 Å². The smallest absolute Gasteiger partial charge is 0.338 e. The van der Waals surface area contributed by atoms with Gasteiger partial charge in [0.25, 0.3) is 0 Å². The van der Waals surface area contributed by atoms with E-state index < -0.39 is 18.0 Å². The van der Waals surface area contributed by atoms with Crippen LogP contribution < -0.4 is 11.5 Å². The van der Waals surface area contributed by atoms with E-state index in [4.69, 9.17) is 20.9 Å². The fraction of sp³-hybridized carbons (Fsp3) is 0.286. The van der Waals surface area contributed by atoms with Crippen LogP contribution in [0.4, 0.5) is 11.4 Å². The number of esters is 2. The van der Waals surface area contributed by atoms with Crippen LogP contribution in [-0.4, -0.2) is 24.6 Å². The number of hydrogen-bond donors (Lipinski definition) is 2. The Bertz CT molecular complexity index is 520. The third-order valence-corrected chi connectivity index (χ3v) is 2.32. The van der Waals surface area contributed by atoms with Gasteiger partial charge in [0, 0.05) is 16.9 Å². The van der Waals surface area contributed by atoms with E-state index in [9.17, 15) is 9.59 Å². The number of hydrogen-bond acceptors (Lipinski definition) is 6. The van der Waals surface area contributed by atoms with E-state index in [-0.39, 0.29) is 17.7 Å². The van der Waals surface area contributed by atoms with E-state index in [2.05, 4.69) is 6.58 Å². The van der Waals surface area contributed by atoms with Crippen molar-refractivity contribution >= 4 is 23.3 Å². The molecule has 6 heteroatoms. The molecule has 0 radical (unpaired) electrons. The molecule has 0 amide bonds. The first-order valence-electron chi connectivity index (χ1n) is 5.99. The zero-order chi connectivity index (χ0) is 15.3. The molecule has 0 heterocycles. The van der Waals surface area contributed by atoms with Gasteiger partial charge >= 0.3 is 11.9 Å². The first-order valence-corrected chi connectivity index (χ1v) is 5.99. The van der Waals surface area contributed by atoms with Crippen LogP contribution in [0, 0.1) is 0 Å². The van der Waals surface area contributed by atoms with E-state index in [1.165, 1.54) is 25.1 Å². The lowest BCUT2D eigenvalue weighted by atomic mass is 10.2. The maximum Gasteiger partial charge on any atom is 0.338 e. The summed E-state index contributed by atoms with van der Waals surface area (Å²) < 4.78 is 10.0. The van der Waals surface area contributed by atoms with Crippen molar-refractivity contribution in [2.75, 3.05) is 18.1 Å². The van der Waals surface area contributed by atoms with Gasteiger partial charge in [-0.3, -0.25) is 0 Å². The lowest BCUT2D eigenvalue weighted by molar-refractivity contribution is -0.141. The van der Waals surface area contributed by atoms with Crippen LogP contribution in [0.2, 0.25) is 0 Å². The second-order valence-electron chi connectivity index (χ2n) is 4.48. The number of benzene rings is 1. The molecule has 0 fully saturated rings. The average Bonchev–Trinajstić information content (AvgIpc) is 2.34. The van der Waals surface area contributed by atoms with Crippen LogP contribution in [0.15, 0.2) is 30.4 Å². The predicted molar refractivity (Wildman–Crippen MR) is 75.9 cm³/mol. The molecule has 0 bridgehead atoms. The summed E-state index contributed by atoms with van der Waals surface area (Å²) >= 11 is 0. The number of nitrogens with two attached hydrogens (primary N) is 2. The van der Waals surface area contributed by atoms with Gasteiger partial charge in [0.1, 0.15) is 12.7 Å². The molecule has 6 nitrogen and oxygen atoms in total. The minimum atomic E-state index is -0.589. The van der Waals surface area contributed by atoms with Crippen molar-refractivity contribution in [1.29, 1.82) is 0 Å². The second kappa shape index (κ2) is 6.60. The summed E-state index contributed by atoms with van der Waals surface area (Å²) in [5.74, 6) is -1.11. The Morgan fingerprint density at radius 3 is 2.30 bits per heavy atom. The van der Waals surface area contributed by atoms with E-state index in [1.807, 2.05) is 0 Å². The molecule has 0 spiro atoms. The van der Waals surface area contributed by atoms with Gasteiger partial charge in [-0.25, -0.2) is 9.59 Å². The predicted octanol–water partition coefficient (Wildman–Crippen LogP) is 1.52. The van der Waals surface area contributed by atoms with Gasteiger partial charge in [-0.2, -0.15) is 0 Å². The first kappa shape index (κ1) is 15.6. The van der Waals surface area contributed by atoms with Crippen molar-refractivity contribution in [3.8, 4) is 0 Å². The average molecular weight is 278 g/mol. The van der Waals surface area contributed by atoms with Gasteiger partial charge in [-0.1, -0.05) is 6.58 Å². The zero-order valence-electron chi connectivity index (χ0n) is 11.5. The number of carbonyl (C=O) groups excluding carboxylic acids is 2. The monoisotopic (exact) mass is 278 g/mol. The lowest BCUT2D eigenvalue weighted by Gasteiger charge is -2.14. The summed E-state index contributed by atoms with van der Waals surface area (Å²) in [6, 6.07) is 4.46. The maximum absolute atomic E-state index is 11.8. The van der Waals surface area contributed by atoms with Crippen molar-refractivity contribution in [1.82, 2.24) is 0 Å². The first-order chi connectivity index (χ1) is 9.29. The van der Waals surface area contributed by atoms with Crippen molar-refractivity contribution in [3.05, 3.63) is 35.9 Å². The minimum absolute atomic E-state index is 0.0464. The van der Waals surface area contributed by atoms with Crippen molar-refractivity contribution < 1.29 is 19.1 Å². The van der Waals surface area contributed by atoms with Crippen LogP contribution in [-0.2, 0) is 14.3 Å². The van der Waals surface area contributed by atoms with Crippen molar-refractivity contribution in [3.63, 3.8) is 0 Å². The SMILES string of the molecule is C=C(C)C(=O)OCC(C)OC(=O)c1cc(N)cc(N)c1. The number of nitrogen functional groups attached to an aromatic ring is 2. The van der Waals surface area contributed by atoms with E-state index in [1.54, 1.807) is 6.92 Å². The molecule has 1 unspecified atom stereocenters. The quantitative estimate of drug-likeness (QED) is 0.480. The van der Waals surface area contributed by atoms with Crippen LogP contribution in [0.1, 0.15) is 24.2 Å². The van der Waals surface area contributed by atoms with Crippen molar-refractivity contribution in [2.24, 2.45) is 0 Å². The molecular weight excluding hydrogens is 260 g/mol. The standard InChI is InChI=1S/C14H18N2O4/c1-8(2)13(17)19-7-9(3)20-14(18)10-4-11(15)6-12(16)5-10/h4-6,9H,1,7,15-16H2,2-3H3. The highest BCUT2D eigenvalue weighted by Gasteiger charge is 2.15. The molecule has 1 atom stereocenters. The molecule has 20 heavy (non-hydrogen) atoms. The Kier molecular flexibility index (Phi) is 5.14. The van der Waals surface area contributed by atoms with Crippen LogP contribution in [0.5, 0.6) is 0 Å². The Balaban J connectivity index is 2.57. The Morgan fingerprint density at radius 2 is 1.80 bits per heavy atom. The molecule has 108 valence electrons. The highest BCUT2D eigenvalue weighted by atomic mass is 16.6. The van der Waals surface area contributed by atoms with Crippen LogP contribution >= 0.6 is 0 Å². The summed E-state index contributed by atoms with van der Waals surface area (Å²) in [5, 5.41) is 0. The van der Waals surface area contributed by atoms with Gasteiger partial charge in [-0.05, 0) is 32.0 Å². The van der Waals surface area contributed by atoms with Gasteiger partial charge in [0.15, 0.2) is 0 Å². The number of rotatable bonds is 5. The fourth-order valence-corrected chi connectivity index (χ4v) is 1.40. The summed E-state index contributed by atoms with van der Waals surface area (Å²) in [7, 11) is 0. The highest BCUT2D eigenvalue weighted by Crippen LogP contribution is 2.15. The molecule has 0 aliphatic carbocycles. The minimum Gasteiger partial charge on any atom is -0.458 e. The third-order valence-electron chi connectivity index (χ3n) is 2.32. The van der Waals surface area contributed by atoms with Gasteiger partial charge in [0.05, 0.1) is 5.56 Å². The fourth-order valence-electron chi connectivity index (χ4n) is 1.40. The molecule has 1 aromatic carbocycles. The summed E-state index contributed by atoms with van der Waals surface area (Å²) in [6.45, 7) is 6.55. The second-order valence-corrected chi connectivity index (χ2v) is 4.48.